The van der Waals surface area contributed by atoms with Crippen molar-refractivity contribution in [3.63, 3.8) is 0 Å². The van der Waals surface area contributed by atoms with Crippen LogP contribution in [0.1, 0.15) is 38.7 Å². The number of nitrogens with one attached hydrogen (secondary N) is 4. The lowest BCUT2D eigenvalue weighted by Crippen LogP contribution is -2.46. The molecule has 38 heavy (non-hydrogen) atoms. The van der Waals surface area contributed by atoms with Crippen LogP contribution in [0.2, 0.25) is 0 Å². The largest absolute Gasteiger partial charge is 0.452 e. The van der Waals surface area contributed by atoms with Crippen molar-refractivity contribution in [2.24, 2.45) is 11.1 Å². The fourth-order valence-corrected chi connectivity index (χ4v) is 3.75. The quantitative estimate of drug-likeness (QED) is 0.132. The maximum absolute atomic E-state index is 12.1. The van der Waals surface area contributed by atoms with Gasteiger partial charge >= 0.3 is 5.97 Å². The van der Waals surface area contributed by atoms with Gasteiger partial charge in [-0.15, -0.1) is 0 Å². The fourth-order valence-electron chi connectivity index (χ4n) is 3.42. The number of esters is 1. The van der Waals surface area contributed by atoms with Crippen molar-refractivity contribution >= 4 is 57.1 Å². The van der Waals surface area contributed by atoms with E-state index in [1.165, 1.54) is 13.8 Å². The molecule has 1 aliphatic heterocycles. The molecule has 1 aromatic carbocycles. The molecule has 1 atom stereocenters. The average Bonchev–Trinajstić information content (AvgIpc) is 3.32. The number of amides is 3. The minimum atomic E-state index is -1.26. The van der Waals surface area contributed by atoms with Crippen LogP contribution in [0.3, 0.4) is 0 Å². The summed E-state index contributed by atoms with van der Waals surface area (Å²) in [6.45, 7) is 4.32. The Kier molecular flexibility index (Phi) is 9.99. The standard InChI is InChI=1S/C25H32BrN7O5/c1-25(2,22(27)36)23(37)30-12-3-11-28-20-17(26)14-31-24(33-20)32-16-6-4-15(5-7-16)10-13-29-21(35)18-8-9-19(34)38-18/h4-7,14,18H,3,8-13H2,1-2H3,(H2,27,36)(H,29,35)(H,30,37)(H2,28,31,32,33)/t18-/m1/s1. The third kappa shape index (κ3) is 8.13. The second-order valence-corrected chi connectivity index (χ2v) is 10.2. The minimum absolute atomic E-state index is 0.261. The van der Waals surface area contributed by atoms with Gasteiger partial charge in [-0.25, -0.2) is 4.98 Å². The number of rotatable bonds is 13. The highest BCUT2D eigenvalue weighted by Gasteiger charge is 2.33. The highest BCUT2D eigenvalue weighted by atomic mass is 79.9. The molecule has 204 valence electrons. The monoisotopic (exact) mass is 589 g/mol. The summed E-state index contributed by atoms with van der Waals surface area (Å²) in [6.07, 6.45) is 2.90. The molecule has 0 radical (unpaired) electrons. The Morgan fingerprint density at radius 3 is 2.53 bits per heavy atom. The van der Waals surface area contributed by atoms with E-state index < -0.39 is 23.3 Å². The van der Waals surface area contributed by atoms with Crippen LogP contribution in [0.4, 0.5) is 17.5 Å². The highest BCUT2D eigenvalue weighted by molar-refractivity contribution is 9.10. The van der Waals surface area contributed by atoms with Crippen LogP contribution in [0.5, 0.6) is 0 Å². The first-order chi connectivity index (χ1) is 18.1. The molecule has 2 aromatic rings. The van der Waals surface area contributed by atoms with Gasteiger partial charge in [-0.2, -0.15) is 4.98 Å². The number of cyclic esters (lactones) is 1. The normalized spacial score (nSPS) is 14.9. The number of anilines is 3. The van der Waals surface area contributed by atoms with E-state index in [0.29, 0.717) is 55.1 Å². The van der Waals surface area contributed by atoms with Gasteiger partial charge in [0, 0.05) is 44.4 Å². The zero-order valence-corrected chi connectivity index (χ0v) is 22.9. The summed E-state index contributed by atoms with van der Waals surface area (Å²) < 4.78 is 5.65. The molecule has 13 heteroatoms. The molecular formula is C25H32BrN7O5. The molecule has 0 saturated carbocycles. The van der Waals surface area contributed by atoms with Crippen molar-refractivity contribution in [2.75, 3.05) is 30.3 Å². The van der Waals surface area contributed by atoms with Gasteiger partial charge in [0.25, 0.3) is 5.91 Å². The average molecular weight is 590 g/mol. The van der Waals surface area contributed by atoms with E-state index in [1.807, 2.05) is 24.3 Å². The van der Waals surface area contributed by atoms with Gasteiger partial charge in [-0.05, 0) is 60.3 Å². The first-order valence-corrected chi connectivity index (χ1v) is 13.0. The number of ether oxygens (including phenoxy) is 1. The summed E-state index contributed by atoms with van der Waals surface area (Å²) in [5, 5.41) is 11.9. The van der Waals surface area contributed by atoms with Crippen LogP contribution in [0.25, 0.3) is 0 Å². The molecule has 1 saturated heterocycles. The Morgan fingerprint density at radius 2 is 1.87 bits per heavy atom. The third-order valence-electron chi connectivity index (χ3n) is 5.96. The summed E-state index contributed by atoms with van der Waals surface area (Å²) >= 11 is 3.43. The Bertz CT molecular complexity index is 1170. The number of primary amides is 1. The zero-order valence-electron chi connectivity index (χ0n) is 21.3. The molecule has 0 spiro atoms. The van der Waals surface area contributed by atoms with Crippen molar-refractivity contribution in [1.29, 1.82) is 0 Å². The third-order valence-corrected chi connectivity index (χ3v) is 6.54. The molecule has 12 nitrogen and oxygen atoms in total. The lowest BCUT2D eigenvalue weighted by atomic mass is 9.91. The molecule has 6 N–H and O–H groups in total. The van der Waals surface area contributed by atoms with E-state index in [1.54, 1.807) is 6.20 Å². The molecule has 2 heterocycles. The number of halogens is 1. The minimum Gasteiger partial charge on any atom is -0.452 e. The van der Waals surface area contributed by atoms with Gasteiger partial charge < -0.3 is 31.7 Å². The van der Waals surface area contributed by atoms with Crippen LogP contribution in [0.15, 0.2) is 34.9 Å². The second-order valence-electron chi connectivity index (χ2n) is 9.30. The fraction of sp³-hybridized carbons (Fsp3) is 0.440. The molecule has 3 amide bonds. The van der Waals surface area contributed by atoms with Crippen molar-refractivity contribution in [3.05, 3.63) is 40.5 Å². The summed E-state index contributed by atoms with van der Waals surface area (Å²) in [7, 11) is 0. The smallest absolute Gasteiger partial charge is 0.306 e. The summed E-state index contributed by atoms with van der Waals surface area (Å²) in [4.78, 5) is 55.4. The molecule has 0 aliphatic carbocycles. The molecular weight excluding hydrogens is 558 g/mol. The second kappa shape index (κ2) is 13.2. The van der Waals surface area contributed by atoms with E-state index in [2.05, 4.69) is 47.2 Å². The molecule has 3 rings (SSSR count). The van der Waals surface area contributed by atoms with Gasteiger partial charge in [0.05, 0.1) is 4.47 Å². The zero-order chi connectivity index (χ0) is 27.7. The summed E-state index contributed by atoms with van der Waals surface area (Å²) in [5.74, 6) is -0.691. The highest BCUT2D eigenvalue weighted by Crippen LogP contribution is 2.22. The predicted molar refractivity (Wildman–Crippen MR) is 144 cm³/mol. The van der Waals surface area contributed by atoms with E-state index in [0.717, 1.165) is 11.3 Å². The number of nitrogens with zero attached hydrogens (tertiary/aromatic N) is 2. The number of carbonyl (C=O) groups is 4. The van der Waals surface area contributed by atoms with Crippen LogP contribution in [-0.2, 0) is 30.3 Å². The van der Waals surface area contributed by atoms with Crippen molar-refractivity contribution in [2.45, 2.75) is 45.6 Å². The lowest BCUT2D eigenvalue weighted by Gasteiger charge is -2.19. The topological polar surface area (TPSA) is 177 Å². The van der Waals surface area contributed by atoms with Crippen molar-refractivity contribution in [3.8, 4) is 0 Å². The first-order valence-electron chi connectivity index (χ1n) is 12.2. The van der Waals surface area contributed by atoms with Crippen LogP contribution >= 0.6 is 15.9 Å². The van der Waals surface area contributed by atoms with Gasteiger partial charge in [-0.3, -0.25) is 19.2 Å². The first kappa shape index (κ1) is 28.8. The molecule has 1 aliphatic rings. The Morgan fingerprint density at radius 1 is 1.13 bits per heavy atom. The Labute approximate surface area is 229 Å². The molecule has 1 aromatic heterocycles. The van der Waals surface area contributed by atoms with Crippen LogP contribution in [0, 0.1) is 5.41 Å². The molecule has 0 unspecified atom stereocenters. The number of aromatic nitrogens is 2. The predicted octanol–water partition coefficient (Wildman–Crippen LogP) is 1.78. The Hall–Kier alpha value is -3.74. The van der Waals surface area contributed by atoms with E-state index in [4.69, 9.17) is 10.5 Å². The van der Waals surface area contributed by atoms with Gasteiger partial charge in [0.1, 0.15) is 11.2 Å². The van der Waals surface area contributed by atoms with E-state index in [-0.39, 0.29) is 18.3 Å². The SMILES string of the molecule is CC(C)(C(N)=O)C(=O)NCCCNc1nc(Nc2ccc(CCNC(=O)[C@H]3CCC(=O)O3)cc2)ncc1Br. The van der Waals surface area contributed by atoms with Crippen molar-refractivity contribution < 1.29 is 23.9 Å². The number of benzene rings is 1. The number of carbonyl (C=O) groups excluding carboxylic acids is 4. The Balaban J connectivity index is 1.42. The lowest BCUT2D eigenvalue weighted by molar-refractivity contribution is -0.148. The summed E-state index contributed by atoms with van der Waals surface area (Å²) in [5.41, 5.74) is 5.83. The van der Waals surface area contributed by atoms with Crippen molar-refractivity contribution in [1.82, 2.24) is 20.6 Å². The summed E-state index contributed by atoms with van der Waals surface area (Å²) in [6, 6.07) is 7.67. The van der Waals surface area contributed by atoms with Gasteiger partial charge in [0.2, 0.25) is 17.8 Å². The number of hydrogen-bond acceptors (Lipinski definition) is 9. The maximum Gasteiger partial charge on any atom is 0.306 e. The van der Waals surface area contributed by atoms with E-state index >= 15 is 0 Å². The molecule has 0 bridgehead atoms. The van der Waals surface area contributed by atoms with Crippen LogP contribution < -0.4 is 27.0 Å². The van der Waals surface area contributed by atoms with Gasteiger partial charge in [0.15, 0.2) is 6.10 Å². The number of hydrogen-bond donors (Lipinski definition) is 5. The van der Waals surface area contributed by atoms with Gasteiger partial charge in [-0.1, -0.05) is 12.1 Å². The molecule has 1 fully saturated rings. The maximum atomic E-state index is 12.1. The van der Waals surface area contributed by atoms with E-state index in [9.17, 15) is 19.2 Å². The van der Waals surface area contributed by atoms with Crippen LogP contribution in [-0.4, -0.2) is 59.4 Å². The number of nitrogens with two attached hydrogens (primary N) is 1.